The molecule has 14 rings (SSSR count). The van der Waals surface area contributed by atoms with Gasteiger partial charge in [0.2, 0.25) is 0 Å². The lowest BCUT2D eigenvalue weighted by Crippen LogP contribution is -2.28. The Morgan fingerprint density at radius 2 is 0.488 bits per heavy atom. The van der Waals surface area contributed by atoms with Crippen LogP contribution in [-0.2, 0) is 10.8 Å². The van der Waals surface area contributed by atoms with Gasteiger partial charge in [-0.3, -0.25) is 0 Å². The standard InChI is InChI=1S/C44H34N2.C34H30N2/c1-45(35-20-10-4-11-21-35)36-26-28-38(29-27-36)46(37-22-12-5-13-23-37)39-30-31-41-40-24-14-15-25-42(40)44(43(41)32-39,33-16-6-2-7-17-33)34-18-8-3-9-19-34;1-34(2)32-17-11-10-16-30(32)31-23-22-29(24-33(31)34)36(27-14-8-5-9-15-27)28-20-18-26(19-21-28)35(3)25-12-6-4-7-13-25/h2-32H,1H3;4-24H,1-3H3. The summed E-state index contributed by atoms with van der Waals surface area (Å²) in [5.74, 6) is 0. The van der Waals surface area contributed by atoms with Crippen molar-refractivity contribution >= 4 is 56.9 Å². The number of anilines is 10. The maximum absolute atomic E-state index is 2.42. The molecule has 0 heterocycles. The van der Waals surface area contributed by atoms with Crippen molar-refractivity contribution in [3.63, 3.8) is 0 Å². The summed E-state index contributed by atoms with van der Waals surface area (Å²) in [6, 6.07) is 114. The molecule has 4 heteroatoms. The van der Waals surface area contributed by atoms with Crippen LogP contribution in [0.5, 0.6) is 0 Å². The van der Waals surface area contributed by atoms with Gasteiger partial charge < -0.3 is 19.6 Å². The number of hydrogen-bond acceptors (Lipinski definition) is 4. The second kappa shape index (κ2) is 21.8. The first-order valence-corrected chi connectivity index (χ1v) is 28.4. The summed E-state index contributed by atoms with van der Waals surface area (Å²) in [6.45, 7) is 4.67. The van der Waals surface area contributed by atoms with Crippen LogP contribution in [0.4, 0.5) is 56.9 Å². The SMILES string of the molecule is CN(c1ccccc1)c1ccc(N(c2ccccc2)c2ccc3c(c2)C(C)(C)c2ccccc2-3)cc1.CN(c1ccccc1)c1ccc(N(c2ccccc2)c2ccc3c(c2)C(c2ccccc2)(c2ccccc2)c2ccccc2-3)cc1. The van der Waals surface area contributed by atoms with Crippen LogP contribution in [0, 0.1) is 0 Å². The third-order valence-corrected chi connectivity index (χ3v) is 16.8. The van der Waals surface area contributed by atoms with Crippen LogP contribution in [0.3, 0.4) is 0 Å². The van der Waals surface area contributed by atoms with E-state index in [1.165, 1.54) is 67.0 Å². The zero-order chi connectivity index (χ0) is 55.6. The van der Waals surface area contributed by atoms with Gasteiger partial charge in [-0.1, -0.05) is 208 Å². The molecule has 0 aromatic heterocycles. The van der Waals surface area contributed by atoms with Crippen LogP contribution >= 0.6 is 0 Å². The predicted octanol–water partition coefficient (Wildman–Crippen LogP) is 20.5. The Morgan fingerprint density at radius 3 is 0.915 bits per heavy atom. The molecule has 0 radical (unpaired) electrons. The highest BCUT2D eigenvalue weighted by molar-refractivity contribution is 5.90. The second-order valence-electron chi connectivity index (χ2n) is 21.8. The highest BCUT2D eigenvalue weighted by Gasteiger charge is 2.46. The molecular formula is C78H64N4. The highest BCUT2D eigenvalue weighted by atomic mass is 15.2. The maximum Gasteiger partial charge on any atom is 0.0714 e. The van der Waals surface area contributed by atoms with Gasteiger partial charge in [0.15, 0.2) is 0 Å². The number of nitrogens with zero attached hydrogens (tertiary/aromatic N) is 4. The maximum atomic E-state index is 2.42. The van der Waals surface area contributed by atoms with Crippen LogP contribution in [-0.4, -0.2) is 14.1 Å². The van der Waals surface area contributed by atoms with Gasteiger partial charge in [-0.15, -0.1) is 0 Å². The number of para-hydroxylation sites is 4. The van der Waals surface area contributed by atoms with Gasteiger partial charge in [-0.05, 0) is 177 Å². The Labute approximate surface area is 483 Å². The minimum Gasteiger partial charge on any atom is -0.345 e. The van der Waals surface area contributed by atoms with Crippen molar-refractivity contribution in [2.45, 2.75) is 24.7 Å². The molecule has 0 unspecified atom stereocenters. The number of hydrogen-bond donors (Lipinski definition) is 0. The molecule has 2 aliphatic rings. The smallest absolute Gasteiger partial charge is 0.0714 e. The third kappa shape index (κ3) is 9.18. The average molecular weight is 1060 g/mol. The molecule has 82 heavy (non-hydrogen) atoms. The highest BCUT2D eigenvalue weighted by Crippen LogP contribution is 2.57. The van der Waals surface area contributed by atoms with Gasteiger partial charge in [0.1, 0.15) is 0 Å². The van der Waals surface area contributed by atoms with Crippen molar-refractivity contribution in [1.82, 2.24) is 0 Å². The summed E-state index contributed by atoms with van der Waals surface area (Å²) < 4.78 is 0. The molecule has 0 saturated heterocycles. The fourth-order valence-electron chi connectivity index (χ4n) is 12.7. The van der Waals surface area contributed by atoms with Crippen molar-refractivity contribution in [1.29, 1.82) is 0 Å². The van der Waals surface area contributed by atoms with E-state index < -0.39 is 5.41 Å². The van der Waals surface area contributed by atoms with Crippen molar-refractivity contribution in [3.8, 4) is 22.3 Å². The summed E-state index contributed by atoms with van der Waals surface area (Å²) in [4.78, 5) is 9.16. The Balaban J connectivity index is 0.000000159. The first-order valence-electron chi connectivity index (χ1n) is 28.4. The average Bonchev–Trinajstić information content (AvgIpc) is 1.98. The van der Waals surface area contributed by atoms with Crippen LogP contribution in [0.1, 0.15) is 47.2 Å². The zero-order valence-corrected chi connectivity index (χ0v) is 46.8. The third-order valence-electron chi connectivity index (χ3n) is 16.8. The van der Waals surface area contributed by atoms with Gasteiger partial charge in [-0.2, -0.15) is 0 Å². The van der Waals surface area contributed by atoms with Crippen molar-refractivity contribution < 1.29 is 0 Å². The van der Waals surface area contributed by atoms with Gasteiger partial charge in [0, 0.05) is 76.4 Å². The minimum absolute atomic E-state index is 0.0352. The van der Waals surface area contributed by atoms with Gasteiger partial charge >= 0.3 is 0 Å². The molecule has 0 atom stereocenters. The molecule has 396 valence electrons. The molecule has 0 amide bonds. The molecule has 0 spiro atoms. The first-order chi connectivity index (χ1) is 40.3. The monoisotopic (exact) mass is 1060 g/mol. The van der Waals surface area contributed by atoms with Gasteiger partial charge in [0.25, 0.3) is 0 Å². The Morgan fingerprint density at radius 1 is 0.220 bits per heavy atom. The molecule has 0 saturated carbocycles. The number of rotatable bonds is 12. The fourth-order valence-corrected chi connectivity index (χ4v) is 12.7. The van der Waals surface area contributed by atoms with E-state index in [0.717, 1.165) is 45.5 Å². The minimum atomic E-state index is -0.449. The molecule has 2 aliphatic carbocycles. The van der Waals surface area contributed by atoms with Crippen LogP contribution in [0.15, 0.2) is 315 Å². The molecule has 0 aliphatic heterocycles. The van der Waals surface area contributed by atoms with Crippen LogP contribution < -0.4 is 19.6 Å². The van der Waals surface area contributed by atoms with E-state index in [2.05, 4.69) is 363 Å². The van der Waals surface area contributed by atoms with E-state index >= 15 is 0 Å². The Bertz CT molecular complexity index is 4090. The molecule has 0 bridgehead atoms. The fraction of sp³-hybridized carbons (Fsp3) is 0.0769. The van der Waals surface area contributed by atoms with Crippen molar-refractivity contribution in [2.75, 3.05) is 33.7 Å². The molecule has 12 aromatic rings. The lowest BCUT2D eigenvalue weighted by Gasteiger charge is -2.35. The summed E-state index contributed by atoms with van der Waals surface area (Å²) in [5.41, 5.74) is 24.1. The quantitative estimate of drug-likeness (QED) is 0.121. The molecule has 0 N–H and O–H groups in total. The molecule has 0 fully saturated rings. The molecule has 4 nitrogen and oxygen atoms in total. The Kier molecular flexibility index (Phi) is 13.6. The van der Waals surface area contributed by atoms with E-state index in [-0.39, 0.29) is 5.41 Å². The number of fused-ring (bicyclic) bond motifs is 6. The van der Waals surface area contributed by atoms with Gasteiger partial charge in [-0.25, -0.2) is 0 Å². The predicted molar refractivity (Wildman–Crippen MR) is 346 cm³/mol. The van der Waals surface area contributed by atoms with Crippen LogP contribution in [0.2, 0.25) is 0 Å². The largest absolute Gasteiger partial charge is 0.345 e. The molecular weight excluding hydrogens is 993 g/mol. The van der Waals surface area contributed by atoms with Crippen molar-refractivity contribution in [2.24, 2.45) is 0 Å². The van der Waals surface area contributed by atoms with E-state index in [4.69, 9.17) is 0 Å². The van der Waals surface area contributed by atoms with E-state index in [0.29, 0.717) is 0 Å². The van der Waals surface area contributed by atoms with E-state index in [9.17, 15) is 0 Å². The first kappa shape index (κ1) is 51.3. The lowest BCUT2D eigenvalue weighted by molar-refractivity contribution is 0.660. The van der Waals surface area contributed by atoms with Gasteiger partial charge in [0.05, 0.1) is 5.41 Å². The summed E-state index contributed by atoms with van der Waals surface area (Å²) in [6.07, 6.45) is 0. The molecule has 12 aromatic carbocycles. The summed E-state index contributed by atoms with van der Waals surface area (Å²) in [5, 5.41) is 0. The number of benzene rings is 12. The zero-order valence-electron chi connectivity index (χ0n) is 46.8. The Hall–Kier alpha value is -10.2. The lowest BCUT2D eigenvalue weighted by atomic mass is 9.67. The topological polar surface area (TPSA) is 13.0 Å². The van der Waals surface area contributed by atoms with E-state index in [1.807, 2.05) is 0 Å². The second-order valence-corrected chi connectivity index (χ2v) is 21.8. The van der Waals surface area contributed by atoms with Crippen molar-refractivity contribution in [3.05, 3.63) is 349 Å². The summed E-state index contributed by atoms with van der Waals surface area (Å²) in [7, 11) is 4.23. The van der Waals surface area contributed by atoms with Crippen LogP contribution in [0.25, 0.3) is 22.3 Å². The normalized spacial score (nSPS) is 12.8. The summed E-state index contributed by atoms with van der Waals surface area (Å²) >= 11 is 0. The van der Waals surface area contributed by atoms with E-state index in [1.54, 1.807) is 0 Å².